The fraction of sp³-hybridized carbons (Fsp3) is 0.684. The maximum Gasteiger partial charge on any atom is 0.00684 e. The van der Waals surface area contributed by atoms with Gasteiger partial charge in [-0.15, -0.1) is 0 Å². The van der Waals surface area contributed by atoms with E-state index in [2.05, 4.69) is 36.5 Å². The molecule has 0 atom stereocenters. The molecule has 0 heterocycles. The third-order valence-electron chi connectivity index (χ3n) is 5.27. The van der Waals surface area contributed by atoms with Gasteiger partial charge in [0.15, 0.2) is 0 Å². The number of hydrogen-bond acceptors (Lipinski definition) is 1. The Morgan fingerprint density at radius 3 is 2.25 bits per heavy atom. The van der Waals surface area contributed by atoms with Crippen molar-refractivity contribution in [2.45, 2.75) is 70.8 Å². The van der Waals surface area contributed by atoms with Crippen LogP contribution in [0.1, 0.15) is 63.0 Å². The second-order valence-corrected chi connectivity index (χ2v) is 7.06. The molecule has 0 spiro atoms. The lowest BCUT2D eigenvalue weighted by Gasteiger charge is -2.38. The lowest BCUT2D eigenvalue weighted by molar-refractivity contribution is 0.180. The second-order valence-electron chi connectivity index (χ2n) is 7.06. The zero-order valence-corrected chi connectivity index (χ0v) is 13.0. The van der Waals surface area contributed by atoms with Crippen LogP contribution in [-0.2, 0) is 12.8 Å². The fourth-order valence-corrected chi connectivity index (χ4v) is 3.69. The number of benzene rings is 1. The maximum atomic E-state index is 3.81. The van der Waals surface area contributed by atoms with Crippen LogP contribution < -0.4 is 5.32 Å². The predicted molar refractivity (Wildman–Crippen MR) is 86.1 cm³/mol. The summed E-state index contributed by atoms with van der Waals surface area (Å²) >= 11 is 0. The summed E-state index contributed by atoms with van der Waals surface area (Å²) in [6.45, 7) is 3.48. The molecule has 0 aliphatic heterocycles. The molecule has 0 saturated heterocycles. The van der Waals surface area contributed by atoms with E-state index in [1.807, 2.05) is 0 Å². The van der Waals surface area contributed by atoms with Gasteiger partial charge in [-0.2, -0.15) is 0 Å². The Morgan fingerprint density at radius 1 is 1.00 bits per heavy atom. The van der Waals surface area contributed by atoms with E-state index in [0.717, 1.165) is 12.5 Å². The van der Waals surface area contributed by atoms with E-state index in [1.165, 1.54) is 63.5 Å². The van der Waals surface area contributed by atoms with Gasteiger partial charge in [-0.25, -0.2) is 0 Å². The normalized spacial score (nSPS) is 21.9. The molecule has 1 heteroatoms. The summed E-state index contributed by atoms with van der Waals surface area (Å²) in [6.07, 6.45) is 12.4. The van der Waals surface area contributed by atoms with Crippen LogP contribution in [0.2, 0.25) is 0 Å². The highest BCUT2D eigenvalue weighted by Crippen LogP contribution is 2.39. The lowest BCUT2D eigenvalue weighted by Crippen LogP contribution is -2.38. The van der Waals surface area contributed by atoms with Gasteiger partial charge in [0.25, 0.3) is 0 Å². The van der Waals surface area contributed by atoms with E-state index < -0.39 is 0 Å². The van der Waals surface area contributed by atoms with Gasteiger partial charge in [-0.05, 0) is 55.1 Å². The number of nitrogens with one attached hydrogen (secondary N) is 1. The van der Waals surface area contributed by atoms with E-state index in [9.17, 15) is 0 Å². The summed E-state index contributed by atoms with van der Waals surface area (Å²) in [5.41, 5.74) is 3.54. The van der Waals surface area contributed by atoms with Crippen LogP contribution >= 0.6 is 0 Å². The van der Waals surface area contributed by atoms with Gasteiger partial charge < -0.3 is 5.32 Å². The van der Waals surface area contributed by atoms with Gasteiger partial charge in [0.05, 0.1) is 0 Å². The third kappa shape index (κ3) is 3.63. The summed E-state index contributed by atoms with van der Waals surface area (Å²) in [5, 5.41) is 3.81. The van der Waals surface area contributed by atoms with Crippen LogP contribution in [0.25, 0.3) is 0 Å². The molecule has 20 heavy (non-hydrogen) atoms. The smallest absolute Gasteiger partial charge is 0.00684 e. The Balaban J connectivity index is 1.66. The highest BCUT2D eigenvalue weighted by atomic mass is 15.0. The first-order valence-electron chi connectivity index (χ1n) is 8.61. The average molecular weight is 271 g/mol. The predicted octanol–water partition coefficient (Wildman–Crippen LogP) is 4.49. The van der Waals surface area contributed by atoms with Crippen LogP contribution in [0.15, 0.2) is 24.3 Å². The first-order valence-corrected chi connectivity index (χ1v) is 8.61. The Labute approximate surface area is 124 Å². The molecule has 2 aliphatic carbocycles. The van der Waals surface area contributed by atoms with Crippen LogP contribution in [0.4, 0.5) is 0 Å². The van der Waals surface area contributed by atoms with E-state index in [-0.39, 0.29) is 0 Å². The van der Waals surface area contributed by atoms with Crippen molar-refractivity contribution < 1.29 is 0 Å². The number of aryl methyl sites for hydroxylation is 1. The van der Waals surface area contributed by atoms with Gasteiger partial charge in [0.1, 0.15) is 0 Å². The Hall–Kier alpha value is -0.820. The molecule has 1 aromatic carbocycles. The summed E-state index contributed by atoms with van der Waals surface area (Å²) < 4.78 is 0. The maximum absolute atomic E-state index is 3.81. The molecule has 1 N–H and O–H groups in total. The van der Waals surface area contributed by atoms with E-state index >= 15 is 0 Å². The van der Waals surface area contributed by atoms with Crippen molar-refractivity contribution in [3.63, 3.8) is 0 Å². The summed E-state index contributed by atoms with van der Waals surface area (Å²) in [6, 6.07) is 10.2. The lowest BCUT2D eigenvalue weighted by atomic mass is 9.70. The average Bonchev–Trinajstić information content (AvgIpc) is 3.31. The molecule has 2 aliphatic rings. The number of rotatable bonds is 6. The minimum Gasteiger partial charge on any atom is -0.313 e. The van der Waals surface area contributed by atoms with Gasteiger partial charge in [-0.3, -0.25) is 0 Å². The molecule has 110 valence electrons. The number of hydrogen-bond donors (Lipinski definition) is 1. The van der Waals surface area contributed by atoms with Crippen LogP contribution in [0.5, 0.6) is 0 Å². The second kappa shape index (κ2) is 6.30. The largest absolute Gasteiger partial charge is 0.313 e. The molecular formula is C19H29N. The summed E-state index contributed by atoms with van der Waals surface area (Å²) in [5.74, 6) is 0. The van der Waals surface area contributed by atoms with Crippen molar-refractivity contribution in [1.29, 1.82) is 0 Å². The van der Waals surface area contributed by atoms with Crippen molar-refractivity contribution in [1.82, 2.24) is 5.32 Å². The van der Waals surface area contributed by atoms with E-state index in [1.54, 1.807) is 5.56 Å². The Bertz CT molecular complexity index is 410. The Morgan fingerprint density at radius 2 is 1.65 bits per heavy atom. The fourth-order valence-electron chi connectivity index (χ4n) is 3.69. The van der Waals surface area contributed by atoms with Crippen LogP contribution in [0.3, 0.4) is 0 Å². The van der Waals surface area contributed by atoms with Gasteiger partial charge in [-0.1, -0.05) is 50.5 Å². The van der Waals surface area contributed by atoms with Crippen molar-refractivity contribution in [2.24, 2.45) is 5.41 Å². The molecule has 1 nitrogen and oxygen atoms in total. The molecule has 2 saturated carbocycles. The quantitative estimate of drug-likeness (QED) is 0.803. The minimum absolute atomic E-state index is 0.536. The summed E-state index contributed by atoms with van der Waals surface area (Å²) in [7, 11) is 0. The van der Waals surface area contributed by atoms with Crippen molar-refractivity contribution in [3.05, 3.63) is 35.4 Å². The molecule has 2 fully saturated rings. The van der Waals surface area contributed by atoms with Crippen molar-refractivity contribution >= 4 is 0 Å². The molecule has 0 unspecified atom stereocenters. The highest BCUT2D eigenvalue weighted by Gasteiger charge is 2.34. The monoisotopic (exact) mass is 271 g/mol. The molecule has 0 bridgehead atoms. The van der Waals surface area contributed by atoms with Gasteiger partial charge >= 0.3 is 0 Å². The summed E-state index contributed by atoms with van der Waals surface area (Å²) in [4.78, 5) is 0. The van der Waals surface area contributed by atoms with E-state index in [0.29, 0.717) is 5.41 Å². The first-order chi connectivity index (χ1) is 9.80. The Kier molecular flexibility index (Phi) is 4.45. The zero-order valence-electron chi connectivity index (χ0n) is 13.0. The zero-order chi connectivity index (χ0) is 13.8. The van der Waals surface area contributed by atoms with Crippen molar-refractivity contribution in [3.8, 4) is 0 Å². The van der Waals surface area contributed by atoms with Crippen LogP contribution in [0, 0.1) is 5.41 Å². The van der Waals surface area contributed by atoms with Crippen molar-refractivity contribution in [2.75, 3.05) is 6.54 Å². The molecule has 1 aromatic rings. The molecule has 3 rings (SSSR count). The molecular weight excluding hydrogens is 242 g/mol. The van der Waals surface area contributed by atoms with E-state index in [4.69, 9.17) is 0 Å². The molecule has 0 aromatic heterocycles. The topological polar surface area (TPSA) is 12.0 Å². The third-order valence-corrected chi connectivity index (χ3v) is 5.27. The first kappa shape index (κ1) is 14.1. The molecule has 0 amide bonds. The standard InChI is InChI=1S/C19H29N/c1-2-16-6-8-17(9-7-16)14-19(12-4-3-5-13-19)15-20-18-10-11-18/h6-9,18,20H,2-5,10-15H2,1H3. The highest BCUT2D eigenvalue weighted by molar-refractivity contribution is 5.23. The van der Waals surface area contributed by atoms with Gasteiger partial charge in [0, 0.05) is 12.6 Å². The van der Waals surface area contributed by atoms with Crippen LogP contribution in [-0.4, -0.2) is 12.6 Å². The molecule has 0 radical (unpaired) electrons. The minimum atomic E-state index is 0.536. The van der Waals surface area contributed by atoms with Gasteiger partial charge in [0.2, 0.25) is 0 Å². The SMILES string of the molecule is CCc1ccc(CC2(CNC3CC3)CCCCC2)cc1.